The largest absolute Gasteiger partial charge is 0.497 e. The third-order valence-corrected chi connectivity index (χ3v) is 5.05. The molecule has 3 rings (SSSR count). The Bertz CT molecular complexity index is 932. The highest BCUT2D eigenvalue weighted by molar-refractivity contribution is 7.99. The maximum absolute atomic E-state index is 12.9. The lowest BCUT2D eigenvalue weighted by Gasteiger charge is -2.17. The van der Waals surface area contributed by atoms with Crippen molar-refractivity contribution in [1.82, 2.24) is 19.7 Å². The first-order chi connectivity index (χ1) is 14.1. The van der Waals surface area contributed by atoms with Crippen molar-refractivity contribution in [2.75, 3.05) is 33.1 Å². The second-order valence-corrected chi connectivity index (χ2v) is 7.03. The minimum absolute atomic E-state index is 0.0537. The molecule has 1 aromatic heterocycles. The normalized spacial score (nSPS) is 10.6. The van der Waals surface area contributed by atoms with Crippen molar-refractivity contribution in [3.63, 3.8) is 0 Å². The van der Waals surface area contributed by atoms with E-state index in [4.69, 9.17) is 9.47 Å². The van der Waals surface area contributed by atoms with E-state index in [2.05, 4.69) is 10.2 Å². The van der Waals surface area contributed by atoms with Crippen molar-refractivity contribution in [2.45, 2.75) is 5.16 Å². The number of ether oxygens (including phenoxy) is 2. The minimum atomic E-state index is -0.316. The Morgan fingerprint density at radius 1 is 1.14 bits per heavy atom. The van der Waals surface area contributed by atoms with Gasteiger partial charge in [0.15, 0.2) is 5.16 Å². The fraction of sp³-hybridized carbons (Fsp3) is 0.250. The van der Waals surface area contributed by atoms with Gasteiger partial charge in [0.2, 0.25) is 5.91 Å². The van der Waals surface area contributed by atoms with Crippen LogP contribution in [0.2, 0.25) is 0 Å². The lowest BCUT2D eigenvalue weighted by molar-refractivity contribution is -0.127. The Balaban J connectivity index is 1.48. The number of methoxy groups -OCH3 is 1. The monoisotopic (exact) mass is 416 g/mol. The molecule has 29 heavy (non-hydrogen) atoms. The Kier molecular flexibility index (Phi) is 7.07. The van der Waals surface area contributed by atoms with E-state index in [0.717, 1.165) is 11.4 Å². The smallest absolute Gasteiger partial charge is 0.232 e. The predicted octanol–water partition coefficient (Wildman–Crippen LogP) is 3.04. The lowest BCUT2D eigenvalue weighted by Crippen LogP contribution is -2.32. The summed E-state index contributed by atoms with van der Waals surface area (Å²) in [6, 6.07) is 13.3. The highest BCUT2D eigenvalue weighted by Crippen LogP contribution is 2.21. The Morgan fingerprint density at radius 3 is 2.52 bits per heavy atom. The number of aromatic nitrogens is 3. The van der Waals surface area contributed by atoms with Crippen LogP contribution in [0.15, 0.2) is 60.0 Å². The van der Waals surface area contributed by atoms with Gasteiger partial charge < -0.3 is 14.4 Å². The molecule has 0 radical (unpaired) electrons. The van der Waals surface area contributed by atoms with Crippen LogP contribution in [-0.2, 0) is 4.79 Å². The van der Waals surface area contributed by atoms with Crippen molar-refractivity contribution in [3.8, 4) is 17.2 Å². The standard InChI is InChI=1S/C20H21FN4O3S/c1-24(11-12-28-18-7-3-15(21)4-8-18)19(26)13-29-20-23-22-14-25(20)16-5-9-17(27-2)10-6-16/h3-10,14H,11-13H2,1-2H3. The Morgan fingerprint density at radius 2 is 1.83 bits per heavy atom. The maximum atomic E-state index is 12.9. The molecule has 0 saturated carbocycles. The lowest BCUT2D eigenvalue weighted by atomic mass is 10.3. The number of likely N-dealkylation sites (N-methyl/N-ethyl adjacent to an activating group) is 1. The van der Waals surface area contributed by atoms with E-state index in [9.17, 15) is 9.18 Å². The van der Waals surface area contributed by atoms with E-state index in [1.165, 1.54) is 23.9 Å². The molecular weight excluding hydrogens is 395 g/mol. The summed E-state index contributed by atoms with van der Waals surface area (Å²) in [4.78, 5) is 14.0. The van der Waals surface area contributed by atoms with E-state index >= 15 is 0 Å². The molecule has 0 spiro atoms. The van der Waals surface area contributed by atoms with E-state index in [1.807, 2.05) is 28.8 Å². The third-order valence-electron chi connectivity index (χ3n) is 4.13. The first kappa shape index (κ1) is 20.7. The third kappa shape index (κ3) is 5.71. The molecule has 0 aliphatic heterocycles. The minimum Gasteiger partial charge on any atom is -0.497 e. The van der Waals surface area contributed by atoms with Crippen LogP contribution < -0.4 is 9.47 Å². The van der Waals surface area contributed by atoms with Gasteiger partial charge in [0.05, 0.1) is 19.4 Å². The van der Waals surface area contributed by atoms with E-state index in [-0.39, 0.29) is 17.5 Å². The molecule has 0 bridgehead atoms. The maximum Gasteiger partial charge on any atom is 0.232 e. The van der Waals surface area contributed by atoms with E-state index in [0.29, 0.717) is 24.1 Å². The fourth-order valence-electron chi connectivity index (χ4n) is 2.44. The quantitative estimate of drug-likeness (QED) is 0.500. The number of amides is 1. The molecule has 0 saturated heterocycles. The summed E-state index contributed by atoms with van der Waals surface area (Å²) in [6.45, 7) is 0.739. The molecule has 9 heteroatoms. The summed E-state index contributed by atoms with van der Waals surface area (Å²) < 4.78 is 25.4. The van der Waals surface area contributed by atoms with Crippen LogP contribution in [-0.4, -0.2) is 58.6 Å². The van der Waals surface area contributed by atoms with Crippen LogP contribution >= 0.6 is 11.8 Å². The van der Waals surface area contributed by atoms with Crippen molar-refractivity contribution < 1.29 is 18.7 Å². The second kappa shape index (κ2) is 9.92. The second-order valence-electron chi connectivity index (χ2n) is 6.09. The van der Waals surface area contributed by atoms with Crippen molar-refractivity contribution in [1.29, 1.82) is 0 Å². The number of nitrogens with zero attached hydrogens (tertiary/aromatic N) is 4. The number of hydrogen-bond acceptors (Lipinski definition) is 6. The molecule has 3 aromatic rings. The van der Waals surface area contributed by atoms with Gasteiger partial charge in [0, 0.05) is 12.7 Å². The van der Waals surface area contributed by atoms with Gasteiger partial charge in [-0.1, -0.05) is 11.8 Å². The predicted molar refractivity (Wildman–Crippen MR) is 108 cm³/mol. The van der Waals surface area contributed by atoms with E-state index in [1.54, 1.807) is 37.5 Å². The van der Waals surface area contributed by atoms with Crippen molar-refractivity contribution in [3.05, 3.63) is 60.7 Å². The number of thioether (sulfide) groups is 1. The molecule has 1 heterocycles. The summed E-state index contributed by atoms with van der Waals surface area (Å²) >= 11 is 1.31. The van der Waals surface area contributed by atoms with Gasteiger partial charge in [-0.05, 0) is 48.5 Å². The molecule has 152 valence electrons. The van der Waals surface area contributed by atoms with Gasteiger partial charge in [0.25, 0.3) is 0 Å². The average molecular weight is 416 g/mol. The van der Waals surface area contributed by atoms with Crippen LogP contribution in [0.5, 0.6) is 11.5 Å². The Hall–Kier alpha value is -3.07. The van der Waals surface area contributed by atoms with Crippen LogP contribution in [0.3, 0.4) is 0 Å². The topological polar surface area (TPSA) is 69.5 Å². The molecule has 2 aromatic carbocycles. The SMILES string of the molecule is COc1ccc(-n2cnnc2SCC(=O)N(C)CCOc2ccc(F)cc2)cc1. The summed E-state index contributed by atoms with van der Waals surface area (Å²) in [5.74, 6) is 1.18. The van der Waals surface area contributed by atoms with Gasteiger partial charge in [0.1, 0.15) is 30.3 Å². The number of benzene rings is 2. The number of halogens is 1. The summed E-state index contributed by atoms with van der Waals surface area (Å²) in [5.41, 5.74) is 0.881. The highest BCUT2D eigenvalue weighted by Gasteiger charge is 2.13. The Labute approximate surface area is 172 Å². The summed E-state index contributed by atoms with van der Waals surface area (Å²) in [5, 5.41) is 8.66. The molecule has 0 unspecified atom stereocenters. The molecule has 0 atom stereocenters. The van der Waals surface area contributed by atoms with Crippen molar-refractivity contribution in [2.24, 2.45) is 0 Å². The number of carbonyl (C=O) groups excluding carboxylic acids is 1. The zero-order valence-corrected chi connectivity index (χ0v) is 16.9. The molecule has 0 aliphatic carbocycles. The van der Waals surface area contributed by atoms with Crippen LogP contribution in [0, 0.1) is 5.82 Å². The number of hydrogen-bond donors (Lipinski definition) is 0. The highest BCUT2D eigenvalue weighted by atomic mass is 32.2. The molecule has 0 N–H and O–H groups in total. The molecular formula is C20H21FN4O3S. The molecule has 1 amide bonds. The molecule has 7 nitrogen and oxygen atoms in total. The number of rotatable bonds is 9. The molecule has 0 aliphatic rings. The molecule has 0 fully saturated rings. The van der Waals surface area contributed by atoms with Crippen LogP contribution in [0.1, 0.15) is 0 Å². The van der Waals surface area contributed by atoms with Crippen LogP contribution in [0.25, 0.3) is 5.69 Å². The van der Waals surface area contributed by atoms with Gasteiger partial charge in [-0.25, -0.2) is 4.39 Å². The van der Waals surface area contributed by atoms with Gasteiger partial charge in [-0.2, -0.15) is 0 Å². The van der Waals surface area contributed by atoms with Gasteiger partial charge >= 0.3 is 0 Å². The van der Waals surface area contributed by atoms with Crippen molar-refractivity contribution >= 4 is 17.7 Å². The first-order valence-electron chi connectivity index (χ1n) is 8.86. The fourth-order valence-corrected chi connectivity index (χ4v) is 3.30. The summed E-state index contributed by atoms with van der Waals surface area (Å²) in [7, 11) is 3.33. The average Bonchev–Trinajstić information content (AvgIpc) is 3.22. The van der Waals surface area contributed by atoms with Gasteiger partial charge in [-0.15, -0.1) is 10.2 Å². The van der Waals surface area contributed by atoms with Gasteiger partial charge in [-0.3, -0.25) is 9.36 Å². The van der Waals surface area contributed by atoms with E-state index < -0.39 is 0 Å². The zero-order chi connectivity index (χ0) is 20.6. The van der Waals surface area contributed by atoms with Crippen LogP contribution in [0.4, 0.5) is 4.39 Å². The first-order valence-corrected chi connectivity index (χ1v) is 9.85. The zero-order valence-electron chi connectivity index (χ0n) is 16.1. The summed E-state index contributed by atoms with van der Waals surface area (Å²) in [6.07, 6.45) is 1.61. The number of carbonyl (C=O) groups is 1.